The van der Waals surface area contributed by atoms with Gasteiger partial charge in [0.2, 0.25) is 0 Å². The van der Waals surface area contributed by atoms with Gasteiger partial charge in [0, 0.05) is 98.2 Å². The molecule has 0 bridgehead atoms. The van der Waals surface area contributed by atoms with Crippen molar-refractivity contribution in [2.75, 3.05) is 0 Å². The molecule has 0 aliphatic carbocycles. The van der Waals surface area contributed by atoms with Crippen LogP contribution in [0.4, 0.5) is 0 Å². The van der Waals surface area contributed by atoms with E-state index in [1.807, 2.05) is 0 Å². The van der Waals surface area contributed by atoms with Crippen LogP contribution in [-0.4, -0.2) is 27.4 Å². The third-order valence-corrected chi connectivity index (χ3v) is 27.8. The summed E-state index contributed by atoms with van der Waals surface area (Å²) in [6.07, 6.45) is 0. The number of nitrogens with zero attached hydrogens (tertiary/aromatic N) is 6. The molecule has 0 radical (unpaired) electrons. The Balaban J connectivity index is 0.000000135. The molecular weight excluding hydrogens is 1600 g/mol. The standard InChI is InChI=1S/C64H41N3.C62H39N3/c1-3-15-42(16-4-1)44-29-33-49(34-30-44)65-59-26-11-10-25-53(59)56-40-57-55-39-48(32-36-62(55)67(64(57)41-63(56)65)58-28-14-20-45-19-7-8-23-51(45)58)47-31-35-61-54(38-47)52-24-9-12-27-60(52)66(61)50-22-13-21-46(37-50)43-17-5-2-6-18-43;1-2-14-40(15-3-1)44-20-12-21-47(34-44)63-57-25-10-8-23-50(57)52-36-45(29-32-59(52)63)46-30-33-60-53(37-46)55-38-54-51-24-9-11-26-58(51)64(48-31-28-41-16-4-5-18-43(41)35-48)61(54)39-62(55)65(60)56-27-13-19-42-17-6-7-22-49(42)56/h1-41H;1-39H. The molecule has 0 aliphatic rings. The average molecular weight is 1680 g/mol. The number of benzene rings is 22. The van der Waals surface area contributed by atoms with Crippen LogP contribution in [0, 0.1) is 0 Å². The van der Waals surface area contributed by atoms with Crippen LogP contribution in [0.3, 0.4) is 0 Å². The van der Waals surface area contributed by atoms with Gasteiger partial charge in [-0.2, -0.15) is 0 Å². The summed E-state index contributed by atoms with van der Waals surface area (Å²) in [5, 5.41) is 22.2. The van der Waals surface area contributed by atoms with Crippen LogP contribution in [-0.2, 0) is 0 Å². The first kappa shape index (κ1) is 74.6. The molecule has 0 N–H and O–H groups in total. The molecular formula is C126H80N6. The van der Waals surface area contributed by atoms with E-state index in [-0.39, 0.29) is 0 Å². The summed E-state index contributed by atoms with van der Waals surface area (Å²) in [5.74, 6) is 0. The van der Waals surface area contributed by atoms with Crippen molar-refractivity contribution in [3.63, 3.8) is 0 Å². The normalized spacial score (nSPS) is 11.9. The molecule has 0 fully saturated rings. The van der Waals surface area contributed by atoms with E-state index in [0.29, 0.717) is 0 Å². The van der Waals surface area contributed by atoms with Crippen LogP contribution in [0.1, 0.15) is 0 Å². The largest absolute Gasteiger partial charge is 0.309 e. The lowest BCUT2D eigenvalue weighted by atomic mass is 10.00. The van der Waals surface area contributed by atoms with Gasteiger partial charge in [-0.25, -0.2) is 0 Å². The van der Waals surface area contributed by atoms with Crippen molar-refractivity contribution in [2.45, 2.75) is 0 Å². The minimum Gasteiger partial charge on any atom is -0.309 e. The maximum Gasteiger partial charge on any atom is 0.0562 e. The zero-order valence-electron chi connectivity index (χ0n) is 71.9. The molecule has 6 nitrogen and oxygen atoms in total. The smallest absolute Gasteiger partial charge is 0.0562 e. The maximum atomic E-state index is 2.50. The van der Waals surface area contributed by atoms with Crippen molar-refractivity contribution in [1.29, 1.82) is 0 Å². The SMILES string of the molecule is c1ccc(-c2ccc(-n3c4ccccc4c4cc5c6cc(-c7ccc8c(c7)c7ccccc7n8-c7cccc(-c8ccccc8)c7)ccc6n(-c6cccc7ccccc67)c5cc43)cc2)cc1.c1ccc(-c2cccc(-n3c4ccccc4c4cc(-c5ccc6c(c5)c5cc7c8ccccc8n(-c8ccc9ccccc9c8)c7cc5n6-c5cccc6ccccc56)ccc43)c2)cc1. The van der Waals surface area contributed by atoms with Crippen LogP contribution in [0.15, 0.2) is 485 Å². The lowest BCUT2D eigenvalue weighted by Crippen LogP contribution is -1.97. The molecule has 614 valence electrons. The van der Waals surface area contributed by atoms with Gasteiger partial charge in [0.05, 0.1) is 77.6 Å². The molecule has 0 aliphatic heterocycles. The molecule has 0 amide bonds. The number of hydrogen-bond donors (Lipinski definition) is 0. The highest BCUT2D eigenvalue weighted by Gasteiger charge is 2.26. The van der Waals surface area contributed by atoms with Crippen molar-refractivity contribution in [3.05, 3.63) is 485 Å². The van der Waals surface area contributed by atoms with E-state index >= 15 is 0 Å². The summed E-state index contributed by atoms with van der Waals surface area (Å²) < 4.78 is 14.7. The van der Waals surface area contributed by atoms with E-state index < -0.39 is 0 Å². The van der Waals surface area contributed by atoms with Crippen molar-refractivity contribution < 1.29 is 0 Å². The third-order valence-electron chi connectivity index (χ3n) is 27.8. The summed E-state index contributed by atoms with van der Waals surface area (Å²) in [4.78, 5) is 0. The molecule has 6 aromatic heterocycles. The van der Waals surface area contributed by atoms with Gasteiger partial charge >= 0.3 is 0 Å². The highest BCUT2D eigenvalue weighted by molar-refractivity contribution is 6.23. The fourth-order valence-corrected chi connectivity index (χ4v) is 21.7. The number of rotatable bonds is 11. The van der Waals surface area contributed by atoms with Gasteiger partial charge in [0.15, 0.2) is 0 Å². The van der Waals surface area contributed by atoms with Crippen LogP contribution >= 0.6 is 0 Å². The molecule has 22 aromatic carbocycles. The first-order valence-electron chi connectivity index (χ1n) is 45.5. The quantitative estimate of drug-likeness (QED) is 0.124. The summed E-state index contributed by atoms with van der Waals surface area (Å²) in [7, 11) is 0. The third kappa shape index (κ3) is 11.9. The molecule has 28 rings (SSSR count). The first-order chi connectivity index (χ1) is 65.5. The molecule has 28 aromatic rings. The number of para-hydroxylation sites is 4. The van der Waals surface area contributed by atoms with E-state index in [9.17, 15) is 0 Å². The van der Waals surface area contributed by atoms with Crippen molar-refractivity contribution in [3.8, 4) is 89.8 Å². The maximum absolute atomic E-state index is 2.50. The molecule has 132 heavy (non-hydrogen) atoms. The fraction of sp³-hybridized carbons (Fsp3) is 0. The molecule has 0 atom stereocenters. The van der Waals surface area contributed by atoms with Crippen LogP contribution in [0.25, 0.3) is 253 Å². The van der Waals surface area contributed by atoms with E-state index in [2.05, 4.69) is 513 Å². The topological polar surface area (TPSA) is 29.6 Å². The number of hydrogen-bond acceptors (Lipinski definition) is 0. The molecule has 0 unspecified atom stereocenters. The Morgan fingerprint density at radius 3 is 0.773 bits per heavy atom. The lowest BCUT2D eigenvalue weighted by Gasteiger charge is -2.13. The van der Waals surface area contributed by atoms with Crippen LogP contribution < -0.4 is 0 Å². The van der Waals surface area contributed by atoms with Gasteiger partial charge in [-0.1, -0.05) is 328 Å². The van der Waals surface area contributed by atoms with Crippen LogP contribution in [0.5, 0.6) is 0 Å². The van der Waals surface area contributed by atoms with Gasteiger partial charge in [-0.3, -0.25) is 0 Å². The molecule has 0 saturated carbocycles. The van der Waals surface area contributed by atoms with E-state index in [0.717, 1.165) is 22.7 Å². The summed E-state index contributed by atoms with van der Waals surface area (Å²) in [5.41, 5.74) is 33.3. The molecule has 0 saturated heterocycles. The lowest BCUT2D eigenvalue weighted by molar-refractivity contribution is 1.17. The average Bonchev–Trinajstić information content (AvgIpc) is 1.55. The predicted octanol–water partition coefficient (Wildman–Crippen LogP) is 33.8. The van der Waals surface area contributed by atoms with Crippen LogP contribution in [0.2, 0.25) is 0 Å². The van der Waals surface area contributed by atoms with E-state index in [1.165, 1.54) is 230 Å². The Morgan fingerprint density at radius 2 is 0.348 bits per heavy atom. The monoisotopic (exact) mass is 1680 g/mol. The number of aromatic nitrogens is 6. The minimum absolute atomic E-state index is 1.14. The molecule has 0 spiro atoms. The zero-order valence-corrected chi connectivity index (χ0v) is 71.9. The second-order valence-corrected chi connectivity index (χ2v) is 35.1. The minimum atomic E-state index is 1.14. The zero-order chi connectivity index (χ0) is 86.6. The van der Waals surface area contributed by atoms with Crippen molar-refractivity contribution in [2.24, 2.45) is 0 Å². The highest BCUT2D eigenvalue weighted by Crippen LogP contribution is 2.48. The second-order valence-electron chi connectivity index (χ2n) is 35.1. The molecule has 6 heterocycles. The highest BCUT2D eigenvalue weighted by atomic mass is 15.0. The Hall–Kier alpha value is -17.6. The van der Waals surface area contributed by atoms with Gasteiger partial charge in [-0.15, -0.1) is 0 Å². The predicted molar refractivity (Wildman–Crippen MR) is 559 cm³/mol. The first-order valence-corrected chi connectivity index (χ1v) is 45.5. The summed E-state index contributed by atoms with van der Waals surface area (Å²) >= 11 is 0. The Bertz CT molecular complexity index is 9580. The summed E-state index contributed by atoms with van der Waals surface area (Å²) in [6, 6.07) is 178. The van der Waals surface area contributed by atoms with Gasteiger partial charge in [0.1, 0.15) is 0 Å². The van der Waals surface area contributed by atoms with Crippen molar-refractivity contribution >= 4 is 163 Å². The Morgan fingerprint density at radius 1 is 0.0985 bits per heavy atom. The van der Waals surface area contributed by atoms with E-state index in [1.54, 1.807) is 0 Å². The second kappa shape index (κ2) is 30.0. The van der Waals surface area contributed by atoms with Crippen molar-refractivity contribution in [1.82, 2.24) is 27.4 Å². The Kier molecular flexibility index (Phi) is 17.0. The van der Waals surface area contributed by atoms with Gasteiger partial charge < -0.3 is 27.4 Å². The van der Waals surface area contributed by atoms with Gasteiger partial charge in [-0.05, 0) is 235 Å². The fourth-order valence-electron chi connectivity index (χ4n) is 21.7. The summed E-state index contributed by atoms with van der Waals surface area (Å²) in [6.45, 7) is 0. The van der Waals surface area contributed by atoms with E-state index in [4.69, 9.17) is 0 Å². The number of fused-ring (bicyclic) bond motifs is 21. The Labute approximate surface area is 760 Å². The van der Waals surface area contributed by atoms with Gasteiger partial charge in [0.25, 0.3) is 0 Å². The molecule has 6 heteroatoms.